The summed E-state index contributed by atoms with van der Waals surface area (Å²) in [6.45, 7) is 1.03. The predicted molar refractivity (Wildman–Crippen MR) is 95.1 cm³/mol. The smallest absolute Gasteiger partial charge is 0.341 e. The number of aromatic carboxylic acids is 1. The lowest BCUT2D eigenvalue weighted by Gasteiger charge is -2.36. The Morgan fingerprint density at radius 3 is 2.59 bits per heavy atom. The number of carboxylic acids is 1. The van der Waals surface area contributed by atoms with Crippen molar-refractivity contribution in [2.75, 3.05) is 18.0 Å². The molecule has 1 saturated heterocycles. The lowest BCUT2D eigenvalue weighted by atomic mass is 9.72. The molecule has 3 fully saturated rings. The predicted octanol–water partition coefficient (Wildman–Crippen LogP) is 2.10. The maximum absolute atomic E-state index is 15.5. The van der Waals surface area contributed by atoms with Crippen molar-refractivity contribution in [2.45, 2.75) is 31.3 Å². The summed E-state index contributed by atoms with van der Waals surface area (Å²) >= 11 is 0. The van der Waals surface area contributed by atoms with Crippen LogP contribution in [0.2, 0.25) is 0 Å². The van der Waals surface area contributed by atoms with Crippen LogP contribution in [0.25, 0.3) is 10.9 Å². The highest BCUT2D eigenvalue weighted by Gasteiger charge is 2.46. The fraction of sp³-hybridized carbons (Fsp3) is 0.474. The van der Waals surface area contributed by atoms with Gasteiger partial charge in [-0.15, -0.1) is 0 Å². The molecule has 142 valence electrons. The Labute approximate surface area is 153 Å². The third-order valence-electron chi connectivity index (χ3n) is 6.29. The molecule has 6 nitrogen and oxygen atoms in total. The molecule has 5 rings (SSSR count). The minimum atomic E-state index is -1.40. The van der Waals surface area contributed by atoms with Crippen molar-refractivity contribution in [3.05, 3.63) is 39.7 Å². The van der Waals surface area contributed by atoms with Crippen LogP contribution in [0.15, 0.2) is 17.1 Å². The molecule has 1 aromatic heterocycles. The third kappa shape index (κ3) is 2.32. The summed E-state index contributed by atoms with van der Waals surface area (Å²) < 4.78 is 31.8. The highest BCUT2D eigenvalue weighted by molar-refractivity contribution is 5.94. The normalized spacial score (nSPS) is 26.9. The van der Waals surface area contributed by atoms with Gasteiger partial charge in [0.1, 0.15) is 17.1 Å². The molecule has 1 aromatic carbocycles. The summed E-state index contributed by atoms with van der Waals surface area (Å²) in [6.07, 6.45) is 3.59. The van der Waals surface area contributed by atoms with Gasteiger partial charge in [0.2, 0.25) is 5.43 Å². The number of fused-ring (bicyclic) bond motifs is 2. The van der Waals surface area contributed by atoms with Gasteiger partial charge in [-0.05, 0) is 37.2 Å². The first-order chi connectivity index (χ1) is 12.9. The monoisotopic (exact) mass is 375 g/mol. The van der Waals surface area contributed by atoms with E-state index in [1.165, 1.54) is 10.8 Å². The van der Waals surface area contributed by atoms with Crippen molar-refractivity contribution >= 4 is 22.6 Å². The fourth-order valence-corrected chi connectivity index (χ4v) is 4.66. The van der Waals surface area contributed by atoms with E-state index in [1.54, 1.807) is 4.90 Å². The molecule has 2 aromatic rings. The Balaban J connectivity index is 1.73. The Morgan fingerprint density at radius 2 is 2.00 bits per heavy atom. The first-order valence-corrected chi connectivity index (χ1v) is 9.17. The summed E-state index contributed by atoms with van der Waals surface area (Å²) in [6, 6.07) is 0.984. The molecular weight excluding hydrogens is 356 g/mol. The first-order valence-electron chi connectivity index (χ1n) is 9.17. The van der Waals surface area contributed by atoms with E-state index < -0.39 is 28.6 Å². The van der Waals surface area contributed by atoms with Gasteiger partial charge in [-0.2, -0.15) is 0 Å². The van der Waals surface area contributed by atoms with E-state index in [0.29, 0.717) is 19.0 Å². The molecule has 8 heteroatoms. The minimum Gasteiger partial charge on any atom is -0.477 e. The molecule has 1 aliphatic heterocycles. The second-order valence-corrected chi connectivity index (χ2v) is 7.96. The van der Waals surface area contributed by atoms with Crippen LogP contribution in [0.5, 0.6) is 0 Å². The summed E-state index contributed by atoms with van der Waals surface area (Å²) in [4.78, 5) is 25.6. The summed E-state index contributed by atoms with van der Waals surface area (Å²) in [5.74, 6) is -2.45. The molecule has 0 amide bonds. The van der Waals surface area contributed by atoms with E-state index in [1.807, 2.05) is 0 Å². The van der Waals surface area contributed by atoms with E-state index in [0.717, 1.165) is 25.3 Å². The molecule has 0 bridgehead atoms. The SMILES string of the molecule is N[C@H]1C[C@@H]2CN(c3c(F)cc4c(=O)c(C(=O)O)cn(C5CC5)c4c3F)C[C@@H]21. The number of nitrogens with zero attached hydrogens (tertiary/aromatic N) is 2. The van der Waals surface area contributed by atoms with Crippen LogP contribution in [0, 0.1) is 23.5 Å². The van der Waals surface area contributed by atoms with Crippen LogP contribution in [0.3, 0.4) is 0 Å². The number of benzene rings is 1. The number of anilines is 1. The zero-order chi connectivity index (χ0) is 19.0. The van der Waals surface area contributed by atoms with Gasteiger partial charge in [-0.25, -0.2) is 13.6 Å². The number of carboxylic acid groups (broad SMARTS) is 1. The molecule has 2 saturated carbocycles. The maximum Gasteiger partial charge on any atom is 0.341 e. The van der Waals surface area contributed by atoms with Gasteiger partial charge in [-0.1, -0.05) is 0 Å². The van der Waals surface area contributed by atoms with Gasteiger partial charge in [-0.3, -0.25) is 4.79 Å². The first kappa shape index (κ1) is 16.7. The van der Waals surface area contributed by atoms with E-state index in [4.69, 9.17) is 5.73 Å². The number of hydrogen-bond acceptors (Lipinski definition) is 4. The number of pyridine rings is 1. The number of carbonyl (C=O) groups is 1. The van der Waals surface area contributed by atoms with Crippen molar-refractivity contribution in [1.29, 1.82) is 0 Å². The van der Waals surface area contributed by atoms with E-state index >= 15 is 4.39 Å². The molecule has 3 aliphatic rings. The van der Waals surface area contributed by atoms with E-state index in [2.05, 4.69) is 0 Å². The Kier molecular flexibility index (Phi) is 3.40. The second kappa shape index (κ2) is 5.51. The van der Waals surface area contributed by atoms with Crippen molar-refractivity contribution in [1.82, 2.24) is 4.57 Å². The second-order valence-electron chi connectivity index (χ2n) is 7.96. The van der Waals surface area contributed by atoms with Crippen LogP contribution >= 0.6 is 0 Å². The van der Waals surface area contributed by atoms with Gasteiger partial charge in [0.25, 0.3) is 0 Å². The van der Waals surface area contributed by atoms with Gasteiger partial charge in [0, 0.05) is 31.4 Å². The average molecular weight is 375 g/mol. The molecule has 3 atom stereocenters. The maximum atomic E-state index is 15.5. The van der Waals surface area contributed by atoms with Crippen LogP contribution < -0.4 is 16.1 Å². The number of hydrogen-bond donors (Lipinski definition) is 2. The number of nitrogens with two attached hydrogens (primary N) is 1. The standard InChI is InChI=1S/C19H19F2N3O3/c20-13-4-10-16(24(9-1-2-9)7-12(18(10)25)19(26)27)15(21)17(13)23-5-8-3-14(22)11(8)6-23/h4,7-9,11,14H,1-3,5-6,22H2,(H,26,27)/t8-,11+,14+/m1/s1. The van der Waals surface area contributed by atoms with Crippen molar-refractivity contribution < 1.29 is 18.7 Å². The zero-order valence-electron chi connectivity index (χ0n) is 14.5. The third-order valence-corrected chi connectivity index (χ3v) is 6.29. The van der Waals surface area contributed by atoms with Crippen molar-refractivity contribution in [3.63, 3.8) is 0 Å². The molecule has 2 heterocycles. The molecule has 0 spiro atoms. The van der Waals surface area contributed by atoms with E-state index in [9.17, 15) is 19.1 Å². The van der Waals surface area contributed by atoms with Crippen LogP contribution in [-0.2, 0) is 0 Å². The summed E-state index contributed by atoms with van der Waals surface area (Å²) in [7, 11) is 0. The summed E-state index contributed by atoms with van der Waals surface area (Å²) in [5.41, 5.74) is 4.52. The van der Waals surface area contributed by atoms with Gasteiger partial charge >= 0.3 is 5.97 Å². The zero-order valence-corrected chi connectivity index (χ0v) is 14.5. The quantitative estimate of drug-likeness (QED) is 0.858. The topological polar surface area (TPSA) is 88.6 Å². The Hall–Kier alpha value is -2.48. The van der Waals surface area contributed by atoms with Crippen LogP contribution in [0.1, 0.15) is 35.7 Å². The molecule has 3 N–H and O–H groups in total. The summed E-state index contributed by atoms with van der Waals surface area (Å²) in [5, 5.41) is 9.06. The van der Waals surface area contributed by atoms with Crippen molar-refractivity contribution in [2.24, 2.45) is 17.6 Å². The van der Waals surface area contributed by atoms with Crippen molar-refractivity contribution in [3.8, 4) is 0 Å². The van der Waals surface area contributed by atoms with Gasteiger partial charge < -0.3 is 20.3 Å². The molecule has 2 aliphatic carbocycles. The molecule has 27 heavy (non-hydrogen) atoms. The Bertz CT molecular complexity index is 1050. The van der Waals surface area contributed by atoms with E-state index in [-0.39, 0.29) is 34.6 Å². The average Bonchev–Trinajstić information content (AvgIpc) is 3.39. The Morgan fingerprint density at radius 1 is 1.26 bits per heavy atom. The van der Waals surface area contributed by atoms with Gasteiger partial charge in [0.05, 0.1) is 10.9 Å². The number of rotatable bonds is 3. The van der Waals surface area contributed by atoms with Gasteiger partial charge in [0.15, 0.2) is 5.82 Å². The molecule has 0 radical (unpaired) electrons. The van der Waals surface area contributed by atoms with Crippen LogP contribution in [-0.4, -0.2) is 34.8 Å². The number of aromatic nitrogens is 1. The fourth-order valence-electron chi connectivity index (χ4n) is 4.66. The minimum absolute atomic E-state index is 0.00699. The molecule has 0 unspecified atom stereocenters. The highest BCUT2D eigenvalue weighted by Crippen LogP contribution is 2.44. The lowest BCUT2D eigenvalue weighted by molar-refractivity contribution is 0.0695. The number of halogens is 2. The lowest BCUT2D eigenvalue weighted by Crippen LogP contribution is -2.46. The van der Waals surface area contributed by atoms with Crippen LogP contribution in [0.4, 0.5) is 14.5 Å². The largest absolute Gasteiger partial charge is 0.477 e. The molecular formula is C19H19F2N3O3. The highest BCUT2D eigenvalue weighted by atomic mass is 19.1.